The van der Waals surface area contributed by atoms with Crippen LogP contribution in [0.15, 0.2) is 18.2 Å². The van der Waals surface area contributed by atoms with Crippen LogP contribution in [0.1, 0.15) is 43.8 Å². The molecule has 0 radical (unpaired) electrons. The second kappa shape index (κ2) is 8.57. The molecule has 0 spiro atoms. The van der Waals surface area contributed by atoms with Gasteiger partial charge in [-0.25, -0.2) is 4.98 Å². The number of benzene rings is 1. The summed E-state index contributed by atoms with van der Waals surface area (Å²) < 4.78 is 5.38. The highest BCUT2D eigenvalue weighted by molar-refractivity contribution is 5.97. The number of aromatic nitrogens is 2. The lowest BCUT2D eigenvalue weighted by Crippen LogP contribution is -2.46. The maximum absolute atomic E-state index is 12.8. The van der Waals surface area contributed by atoms with Gasteiger partial charge < -0.3 is 20.8 Å². The number of amides is 1. The molecule has 0 atom stereocenters. The van der Waals surface area contributed by atoms with Gasteiger partial charge in [-0.05, 0) is 43.9 Å². The van der Waals surface area contributed by atoms with E-state index >= 15 is 0 Å². The first-order chi connectivity index (χ1) is 11.7. The van der Waals surface area contributed by atoms with Crippen LogP contribution in [0.2, 0.25) is 0 Å². The highest BCUT2D eigenvalue weighted by atomic mass is 35.5. The van der Waals surface area contributed by atoms with Crippen LogP contribution in [0.3, 0.4) is 0 Å². The zero-order chi connectivity index (χ0) is 16.6. The van der Waals surface area contributed by atoms with Crippen LogP contribution in [0, 0.1) is 5.41 Å². The highest BCUT2D eigenvalue weighted by Gasteiger charge is 2.38. The van der Waals surface area contributed by atoms with Crippen molar-refractivity contribution in [2.24, 2.45) is 11.1 Å². The standard InChI is InChI=1S/C18H24N4O2.2ClH/c19-11-18(6-8-24-9-7-18)17(23)20-13-4-5-14-15(10-13)22-16(21-14)12-2-1-3-12;;/h4-5,10,12H,1-3,6-9,11,19H2,(H,20,23)(H,21,22);2*1H. The summed E-state index contributed by atoms with van der Waals surface area (Å²) in [5.41, 5.74) is 8.11. The molecule has 1 aromatic carbocycles. The van der Waals surface area contributed by atoms with Crippen molar-refractivity contribution >= 4 is 47.4 Å². The minimum atomic E-state index is -0.516. The number of ether oxygens (including phenoxy) is 1. The molecule has 1 amide bonds. The predicted octanol–water partition coefficient (Wildman–Crippen LogP) is 3.37. The number of nitrogens with one attached hydrogen (secondary N) is 2. The first-order valence-electron chi connectivity index (χ1n) is 8.79. The molecule has 144 valence electrons. The Bertz CT molecular complexity index is 755. The van der Waals surface area contributed by atoms with Crippen molar-refractivity contribution in [1.82, 2.24) is 9.97 Å². The SMILES string of the molecule is Cl.Cl.NCC1(C(=O)Nc2ccc3nc(C4CCC4)[nH]c3c2)CCOCC1. The topological polar surface area (TPSA) is 93.0 Å². The van der Waals surface area contributed by atoms with Gasteiger partial charge in [-0.2, -0.15) is 0 Å². The average Bonchev–Trinajstić information content (AvgIpc) is 2.96. The second-order valence-corrected chi connectivity index (χ2v) is 7.03. The molecule has 1 aliphatic heterocycles. The summed E-state index contributed by atoms with van der Waals surface area (Å²) in [4.78, 5) is 20.8. The number of halogens is 2. The summed E-state index contributed by atoms with van der Waals surface area (Å²) in [6, 6.07) is 5.84. The fourth-order valence-electron chi connectivity index (χ4n) is 3.53. The lowest BCUT2D eigenvalue weighted by Gasteiger charge is -2.34. The molecule has 6 nitrogen and oxygen atoms in total. The minimum Gasteiger partial charge on any atom is -0.381 e. The first-order valence-corrected chi connectivity index (χ1v) is 8.79. The number of aromatic amines is 1. The van der Waals surface area contributed by atoms with E-state index in [0.29, 0.717) is 38.5 Å². The molecule has 2 heterocycles. The first kappa shape index (κ1) is 21.0. The molecule has 1 aromatic heterocycles. The Morgan fingerprint density at radius 3 is 2.65 bits per heavy atom. The van der Waals surface area contributed by atoms with E-state index < -0.39 is 5.41 Å². The van der Waals surface area contributed by atoms with Crippen molar-refractivity contribution in [3.8, 4) is 0 Å². The quantitative estimate of drug-likeness (QED) is 0.733. The maximum Gasteiger partial charge on any atom is 0.232 e. The van der Waals surface area contributed by atoms with Gasteiger partial charge >= 0.3 is 0 Å². The van der Waals surface area contributed by atoms with Crippen LogP contribution in [-0.2, 0) is 9.53 Å². The molecule has 0 unspecified atom stereocenters. The van der Waals surface area contributed by atoms with Gasteiger partial charge in [-0.1, -0.05) is 6.42 Å². The van der Waals surface area contributed by atoms with E-state index in [1.165, 1.54) is 19.3 Å². The van der Waals surface area contributed by atoms with Gasteiger partial charge in [0.05, 0.1) is 16.4 Å². The third kappa shape index (κ3) is 3.83. The van der Waals surface area contributed by atoms with Gasteiger partial charge in [-0.3, -0.25) is 4.79 Å². The summed E-state index contributed by atoms with van der Waals surface area (Å²) in [5.74, 6) is 1.63. The Morgan fingerprint density at radius 1 is 1.31 bits per heavy atom. The molecule has 0 bridgehead atoms. The third-order valence-corrected chi connectivity index (χ3v) is 5.57. The Hall–Kier alpha value is -1.34. The summed E-state index contributed by atoms with van der Waals surface area (Å²) in [6.45, 7) is 1.53. The van der Waals surface area contributed by atoms with Crippen molar-refractivity contribution in [1.29, 1.82) is 0 Å². The summed E-state index contributed by atoms with van der Waals surface area (Å²) in [6.07, 6.45) is 5.06. The Kier molecular flexibility index (Phi) is 6.91. The number of rotatable bonds is 4. The van der Waals surface area contributed by atoms with Crippen molar-refractivity contribution in [3.63, 3.8) is 0 Å². The van der Waals surface area contributed by atoms with Crippen molar-refractivity contribution in [2.75, 3.05) is 25.1 Å². The summed E-state index contributed by atoms with van der Waals surface area (Å²) in [5, 5.41) is 3.04. The highest BCUT2D eigenvalue weighted by Crippen LogP contribution is 2.36. The normalized spacial score (nSPS) is 19.1. The molecule has 1 aliphatic carbocycles. The largest absolute Gasteiger partial charge is 0.381 e. The minimum absolute atomic E-state index is 0. The van der Waals surface area contributed by atoms with Crippen molar-refractivity contribution in [3.05, 3.63) is 24.0 Å². The van der Waals surface area contributed by atoms with E-state index in [4.69, 9.17) is 10.5 Å². The van der Waals surface area contributed by atoms with Gasteiger partial charge in [0.1, 0.15) is 5.82 Å². The van der Waals surface area contributed by atoms with Gasteiger partial charge in [-0.15, -0.1) is 24.8 Å². The second-order valence-electron chi connectivity index (χ2n) is 7.03. The molecule has 8 heteroatoms. The number of hydrogen-bond acceptors (Lipinski definition) is 4. The van der Waals surface area contributed by atoms with Crippen LogP contribution in [0.5, 0.6) is 0 Å². The van der Waals surface area contributed by atoms with Crippen LogP contribution >= 0.6 is 24.8 Å². The van der Waals surface area contributed by atoms with E-state index in [1.807, 2.05) is 18.2 Å². The van der Waals surface area contributed by atoms with Crippen molar-refractivity contribution in [2.45, 2.75) is 38.0 Å². The number of H-pyrrole nitrogens is 1. The molecule has 4 N–H and O–H groups in total. The van der Waals surface area contributed by atoms with Gasteiger partial charge in [0.2, 0.25) is 5.91 Å². The maximum atomic E-state index is 12.8. The smallest absolute Gasteiger partial charge is 0.232 e. The van der Waals surface area contributed by atoms with Gasteiger partial charge in [0, 0.05) is 31.4 Å². The fourth-order valence-corrected chi connectivity index (χ4v) is 3.53. The number of nitrogens with two attached hydrogens (primary N) is 1. The van der Waals surface area contributed by atoms with E-state index in [-0.39, 0.29) is 30.7 Å². The number of nitrogens with zero attached hydrogens (tertiary/aromatic N) is 1. The van der Waals surface area contributed by atoms with Crippen LogP contribution < -0.4 is 11.1 Å². The van der Waals surface area contributed by atoms with Crippen molar-refractivity contribution < 1.29 is 9.53 Å². The zero-order valence-electron chi connectivity index (χ0n) is 14.6. The van der Waals surface area contributed by atoms with Crippen LogP contribution in [0.4, 0.5) is 5.69 Å². The molecule has 26 heavy (non-hydrogen) atoms. The lowest BCUT2D eigenvalue weighted by atomic mass is 9.79. The van der Waals surface area contributed by atoms with E-state index in [2.05, 4.69) is 15.3 Å². The lowest BCUT2D eigenvalue weighted by molar-refractivity contribution is -0.130. The summed E-state index contributed by atoms with van der Waals surface area (Å²) >= 11 is 0. The monoisotopic (exact) mass is 400 g/mol. The molecular weight excluding hydrogens is 375 g/mol. The number of hydrogen-bond donors (Lipinski definition) is 3. The van der Waals surface area contributed by atoms with Crippen LogP contribution in [-0.4, -0.2) is 35.6 Å². The van der Waals surface area contributed by atoms with Gasteiger partial charge in [0.25, 0.3) is 0 Å². The third-order valence-electron chi connectivity index (χ3n) is 5.57. The molecule has 1 saturated carbocycles. The van der Waals surface area contributed by atoms with E-state index in [1.54, 1.807) is 0 Å². The number of anilines is 1. The number of carbonyl (C=O) groups excluding carboxylic acids is 1. The summed E-state index contributed by atoms with van der Waals surface area (Å²) in [7, 11) is 0. The molecule has 4 rings (SSSR count). The fraction of sp³-hybridized carbons (Fsp3) is 0.556. The predicted molar refractivity (Wildman–Crippen MR) is 107 cm³/mol. The Labute approximate surface area is 165 Å². The number of carbonyl (C=O) groups is 1. The van der Waals surface area contributed by atoms with E-state index in [9.17, 15) is 4.79 Å². The zero-order valence-corrected chi connectivity index (χ0v) is 16.3. The molecular formula is C18H26Cl2N4O2. The number of fused-ring (bicyclic) bond motifs is 1. The average molecular weight is 401 g/mol. The molecule has 2 aliphatic rings. The van der Waals surface area contributed by atoms with E-state index in [0.717, 1.165) is 22.5 Å². The van der Waals surface area contributed by atoms with Gasteiger partial charge in [0.15, 0.2) is 0 Å². The Morgan fingerprint density at radius 2 is 2.04 bits per heavy atom. The molecule has 2 aromatic rings. The van der Waals surface area contributed by atoms with Crippen LogP contribution in [0.25, 0.3) is 11.0 Å². The number of imidazole rings is 1. The Balaban J connectivity index is 0.00000121. The molecule has 1 saturated heterocycles. The molecule has 2 fully saturated rings.